The lowest BCUT2D eigenvalue weighted by molar-refractivity contribution is 0.0939. The van der Waals surface area contributed by atoms with Gasteiger partial charge in [-0.2, -0.15) is 0 Å². The van der Waals surface area contributed by atoms with Crippen molar-refractivity contribution >= 4 is 16.8 Å². The first-order chi connectivity index (χ1) is 14.2. The van der Waals surface area contributed by atoms with Gasteiger partial charge in [-0.1, -0.05) is 18.2 Å². The highest BCUT2D eigenvalue weighted by molar-refractivity contribution is 6.07. The van der Waals surface area contributed by atoms with Crippen molar-refractivity contribution in [2.24, 2.45) is 5.92 Å². The summed E-state index contributed by atoms with van der Waals surface area (Å²) in [5.74, 6) is 1.47. The molecular weight excluding hydrogens is 364 g/mol. The van der Waals surface area contributed by atoms with Crippen LogP contribution in [0.5, 0.6) is 5.75 Å². The highest BCUT2D eigenvalue weighted by Gasteiger charge is 2.20. The van der Waals surface area contributed by atoms with Crippen LogP contribution in [-0.2, 0) is 4.74 Å². The number of rotatable bonds is 9. The molecule has 1 amide bonds. The predicted octanol–water partition coefficient (Wildman–Crippen LogP) is 4.46. The molecule has 0 aliphatic heterocycles. The van der Waals surface area contributed by atoms with Crippen LogP contribution in [0.4, 0.5) is 0 Å². The molecule has 1 aliphatic carbocycles. The van der Waals surface area contributed by atoms with Crippen LogP contribution < -0.4 is 10.1 Å². The zero-order chi connectivity index (χ0) is 20.1. The van der Waals surface area contributed by atoms with Gasteiger partial charge < -0.3 is 14.8 Å². The first-order valence-corrected chi connectivity index (χ1v) is 10.1. The molecule has 3 aromatic rings. The van der Waals surface area contributed by atoms with E-state index in [1.807, 2.05) is 54.6 Å². The quantitative estimate of drug-likeness (QED) is 0.548. The van der Waals surface area contributed by atoms with E-state index in [1.54, 1.807) is 7.11 Å². The van der Waals surface area contributed by atoms with Crippen molar-refractivity contribution in [2.75, 3.05) is 26.9 Å². The molecule has 1 heterocycles. The summed E-state index contributed by atoms with van der Waals surface area (Å²) in [4.78, 5) is 17.6. The molecule has 4 rings (SSSR count). The summed E-state index contributed by atoms with van der Waals surface area (Å²) >= 11 is 0. The normalized spacial score (nSPS) is 13.4. The number of ether oxygens (including phenoxy) is 2. The number of hydrogen-bond acceptors (Lipinski definition) is 4. The molecule has 0 unspecified atom stereocenters. The molecule has 0 spiro atoms. The number of para-hydroxylation sites is 1. The van der Waals surface area contributed by atoms with Crippen LogP contribution in [0.15, 0.2) is 54.6 Å². The van der Waals surface area contributed by atoms with Crippen molar-refractivity contribution in [2.45, 2.75) is 19.3 Å². The Morgan fingerprint density at radius 3 is 2.69 bits per heavy atom. The fourth-order valence-electron chi connectivity index (χ4n) is 3.28. The van der Waals surface area contributed by atoms with Gasteiger partial charge in [0.25, 0.3) is 5.91 Å². The van der Waals surface area contributed by atoms with Crippen LogP contribution in [0.25, 0.3) is 22.2 Å². The third kappa shape index (κ3) is 4.93. The lowest BCUT2D eigenvalue weighted by atomic mass is 10.0. The number of benzene rings is 2. The first kappa shape index (κ1) is 19.4. The minimum Gasteiger partial charge on any atom is -0.497 e. The van der Waals surface area contributed by atoms with Crippen molar-refractivity contribution < 1.29 is 14.3 Å². The van der Waals surface area contributed by atoms with Gasteiger partial charge in [-0.15, -0.1) is 0 Å². The van der Waals surface area contributed by atoms with E-state index in [2.05, 4.69) is 5.32 Å². The molecule has 1 fully saturated rings. The van der Waals surface area contributed by atoms with Crippen molar-refractivity contribution in [3.63, 3.8) is 0 Å². The molecule has 0 bridgehead atoms. The Morgan fingerprint density at radius 1 is 1.14 bits per heavy atom. The van der Waals surface area contributed by atoms with Crippen molar-refractivity contribution in [1.82, 2.24) is 10.3 Å². The number of methoxy groups -OCH3 is 1. The average Bonchev–Trinajstić information content (AvgIpc) is 3.59. The van der Waals surface area contributed by atoms with E-state index in [9.17, 15) is 4.79 Å². The maximum Gasteiger partial charge on any atom is 0.252 e. The van der Waals surface area contributed by atoms with Gasteiger partial charge in [0, 0.05) is 30.7 Å². The summed E-state index contributed by atoms with van der Waals surface area (Å²) in [7, 11) is 1.64. The van der Waals surface area contributed by atoms with Gasteiger partial charge in [0.15, 0.2) is 0 Å². The van der Waals surface area contributed by atoms with E-state index < -0.39 is 0 Å². The Morgan fingerprint density at radius 2 is 1.93 bits per heavy atom. The second-order valence-electron chi connectivity index (χ2n) is 7.43. The Hall–Kier alpha value is -2.92. The zero-order valence-electron chi connectivity index (χ0n) is 16.7. The summed E-state index contributed by atoms with van der Waals surface area (Å²) in [6.07, 6.45) is 3.40. The number of nitrogens with zero attached hydrogens (tertiary/aromatic N) is 1. The Labute approximate surface area is 171 Å². The minimum atomic E-state index is -0.0828. The molecule has 1 aromatic heterocycles. The lowest BCUT2D eigenvalue weighted by Gasteiger charge is -2.11. The van der Waals surface area contributed by atoms with E-state index in [1.165, 1.54) is 12.8 Å². The van der Waals surface area contributed by atoms with Gasteiger partial charge in [-0.25, -0.2) is 4.98 Å². The molecule has 0 atom stereocenters. The number of amides is 1. The van der Waals surface area contributed by atoms with Gasteiger partial charge in [-0.05, 0) is 61.6 Å². The predicted molar refractivity (Wildman–Crippen MR) is 114 cm³/mol. The second kappa shape index (κ2) is 9.05. The summed E-state index contributed by atoms with van der Waals surface area (Å²) in [5.41, 5.74) is 3.16. The van der Waals surface area contributed by atoms with Gasteiger partial charge in [-0.3, -0.25) is 4.79 Å². The van der Waals surface area contributed by atoms with E-state index in [0.717, 1.165) is 46.9 Å². The number of carbonyl (C=O) groups is 1. The maximum absolute atomic E-state index is 12.9. The summed E-state index contributed by atoms with van der Waals surface area (Å²) in [5, 5.41) is 3.88. The molecule has 0 saturated heterocycles. The molecule has 5 nitrogen and oxygen atoms in total. The van der Waals surface area contributed by atoms with Crippen LogP contribution in [0, 0.1) is 5.92 Å². The fourth-order valence-corrected chi connectivity index (χ4v) is 3.28. The standard InChI is InChI=1S/C24H26N2O3/c1-28-19-11-9-18(10-12-19)23-15-21(20-5-2-3-6-22(20)26-23)24(27)25-13-4-14-29-16-17-7-8-17/h2-3,5-6,9-12,15,17H,4,7-8,13-14,16H2,1H3,(H,25,27). The molecule has 0 radical (unpaired) electrons. The van der Waals surface area contributed by atoms with Gasteiger partial charge in [0.05, 0.1) is 23.9 Å². The van der Waals surface area contributed by atoms with Crippen molar-refractivity contribution in [1.29, 1.82) is 0 Å². The summed E-state index contributed by atoms with van der Waals surface area (Å²) in [6, 6.07) is 17.3. The van der Waals surface area contributed by atoms with Crippen molar-refractivity contribution in [3.05, 3.63) is 60.2 Å². The molecule has 1 saturated carbocycles. The van der Waals surface area contributed by atoms with E-state index in [-0.39, 0.29) is 5.91 Å². The molecule has 1 N–H and O–H groups in total. The highest BCUT2D eigenvalue weighted by Crippen LogP contribution is 2.29. The second-order valence-corrected chi connectivity index (χ2v) is 7.43. The zero-order valence-corrected chi connectivity index (χ0v) is 16.7. The lowest BCUT2D eigenvalue weighted by Crippen LogP contribution is -2.25. The Balaban J connectivity index is 1.49. The van der Waals surface area contributed by atoms with Gasteiger partial charge >= 0.3 is 0 Å². The monoisotopic (exact) mass is 390 g/mol. The smallest absolute Gasteiger partial charge is 0.252 e. The number of hydrogen-bond donors (Lipinski definition) is 1. The molecular formula is C24H26N2O3. The minimum absolute atomic E-state index is 0.0828. The number of aromatic nitrogens is 1. The van der Waals surface area contributed by atoms with Crippen LogP contribution in [0.3, 0.4) is 0 Å². The van der Waals surface area contributed by atoms with E-state index in [4.69, 9.17) is 14.5 Å². The molecule has 29 heavy (non-hydrogen) atoms. The third-order valence-electron chi connectivity index (χ3n) is 5.15. The van der Waals surface area contributed by atoms with Crippen LogP contribution >= 0.6 is 0 Å². The van der Waals surface area contributed by atoms with Crippen LogP contribution in [0.2, 0.25) is 0 Å². The third-order valence-corrected chi connectivity index (χ3v) is 5.15. The van der Waals surface area contributed by atoms with Crippen LogP contribution in [-0.4, -0.2) is 37.8 Å². The Bertz CT molecular complexity index is 981. The molecule has 150 valence electrons. The summed E-state index contributed by atoms with van der Waals surface area (Å²) < 4.78 is 10.9. The molecule has 2 aromatic carbocycles. The fraction of sp³-hybridized carbons (Fsp3) is 0.333. The van der Waals surface area contributed by atoms with Gasteiger partial charge in [0.1, 0.15) is 5.75 Å². The first-order valence-electron chi connectivity index (χ1n) is 10.1. The molecule has 1 aliphatic rings. The SMILES string of the molecule is COc1ccc(-c2cc(C(=O)NCCCOCC3CC3)c3ccccc3n2)cc1. The number of fused-ring (bicyclic) bond motifs is 1. The highest BCUT2D eigenvalue weighted by atomic mass is 16.5. The number of pyridine rings is 1. The topological polar surface area (TPSA) is 60.5 Å². The Kier molecular flexibility index (Phi) is 6.06. The van der Waals surface area contributed by atoms with Gasteiger partial charge in [0.2, 0.25) is 0 Å². The van der Waals surface area contributed by atoms with Crippen LogP contribution in [0.1, 0.15) is 29.6 Å². The van der Waals surface area contributed by atoms with Crippen molar-refractivity contribution in [3.8, 4) is 17.0 Å². The number of carbonyl (C=O) groups excluding carboxylic acids is 1. The molecule has 5 heteroatoms. The van der Waals surface area contributed by atoms with E-state index in [0.29, 0.717) is 18.7 Å². The number of nitrogens with one attached hydrogen (secondary N) is 1. The largest absolute Gasteiger partial charge is 0.497 e. The summed E-state index contributed by atoms with van der Waals surface area (Å²) in [6.45, 7) is 2.14. The van der Waals surface area contributed by atoms with E-state index >= 15 is 0 Å². The average molecular weight is 390 g/mol. The maximum atomic E-state index is 12.9.